The van der Waals surface area contributed by atoms with Gasteiger partial charge in [0.15, 0.2) is 5.69 Å². The first-order valence-corrected chi connectivity index (χ1v) is 6.80. The lowest BCUT2D eigenvalue weighted by molar-refractivity contribution is -0.447. The minimum absolute atomic E-state index is 0.109. The normalized spacial score (nSPS) is 10.8. The summed E-state index contributed by atoms with van der Waals surface area (Å²) < 4.78 is 6.58. The number of fused-ring (bicyclic) bond motifs is 1. The summed E-state index contributed by atoms with van der Waals surface area (Å²) >= 11 is 5.86. The number of rotatable bonds is 2. The minimum Gasteiger partial charge on any atom is -0.497 e. The van der Waals surface area contributed by atoms with Crippen LogP contribution in [0.3, 0.4) is 0 Å². The number of nitrogens with zero attached hydrogens (tertiary/aromatic N) is 2. The molecular formula is C15H13ClN3O3+. The summed E-state index contributed by atoms with van der Waals surface area (Å²) in [4.78, 5) is 12.3. The van der Waals surface area contributed by atoms with Gasteiger partial charge in [-0.2, -0.15) is 4.73 Å². The van der Waals surface area contributed by atoms with Gasteiger partial charge >= 0.3 is 5.82 Å². The van der Waals surface area contributed by atoms with Crippen LogP contribution in [-0.4, -0.2) is 17.0 Å². The monoisotopic (exact) mass is 318 g/mol. The van der Waals surface area contributed by atoms with Gasteiger partial charge in [0.25, 0.3) is 0 Å². The van der Waals surface area contributed by atoms with Gasteiger partial charge in [-0.1, -0.05) is 28.6 Å². The van der Waals surface area contributed by atoms with Crippen LogP contribution in [0.2, 0.25) is 5.02 Å². The predicted octanol–water partition coefficient (Wildman–Crippen LogP) is 2.70. The Morgan fingerprint density at radius 1 is 1.23 bits per heavy atom. The van der Waals surface area contributed by atoms with Gasteiger partial charge in [0.1, 0.15) is 11.3 Å². The van der Waals surface area contributed by atoms with E-state index in [1.807, 2.05) is 0 Å². The molecule has 3 rings (SSSR count). The van der Waals surface area contributed by atoms with Crippen LogP contribution < -0.4 is 14.9 Å². The highest BCUT2D eigenvalue weighted by Crippen LogP contribution is 2.28. The fraction of sp³-hybridized carbons (Fsp3) is 0.0667. The number of benzene rings is 2. The lowest BCUT2D eigenvalue weighted by atomic mass is 10.1. The lowest BCUT2D eigenvalue weighted by Gasteiger charge is -2.10. The summed E-state index contributed by atoms with van der Waals surface area (Å²) in [5, 5.41) is 11.0. The number of anilines is 1. The number of aromatic nitrogens is 2. The maximum Gasteiger partial charge on any atom is 0.345 e. The zero-order valence-corrected chi connectivity index (χ0v) is 12.4. The van der Waals surface area contributed by atoms with E-state index in [4.69, 9.17) is 22.1 Å². The van der Waals surface area contributed by atoms with Crippen molar-refractivity contribution in [1.82, 2.24) is 4.73 Å². The van der Waals surface area contributed by atoms with Crippen LogP contribution in [0.4, 0.5) is 5.82 Å². The van der Waals surface area contributed by atoms with Crippen molar-refractivity contribution in [1.29, 1.82) is 0 Å². The van der Waals surface area contributed by atoms with E-state index in [9.17, 15) is 10.1 Å². The van der Waals surface area contributed by atoms with Gasteiger partial charge in [-0.3, -0.25) is 5.73 Å². The molecule has 6 nitrogen and oxygen atoms in total. The molecule has 3 N–H and O–H groups in total. The van der Waals surface area contributed by atoms with E-state index in [1.165, 1.54) is 13.2 Å². The molecule has 1 heterocycles. The molecule has 0 spiro atoms. The molecule has 7 heteroatoms. The third-order valence-electron chi connectivity index (χ3n) is 3.42. The van der Waals surface area contributed by atoms with Gasteiger partial charge < -0.3 is 9.94 Å². The van der Waals surface area contributed by atoms with Crippen LogP contribution in [0.5, 0.6) is 5.75 Å². The molecule has 0 unspecified atom stereocenters. The number of hydrogen-bond acceptors (Lipinski definition) is 4. The average Bonchev–Trinajstić information content (AvgIpc) is 2.54. The number of hydrogen-bond donors (Lipinski definition) is 2. The van der Waals surface area contributed by atoms with Crippen molar-refractivity contribution in [2.75, 3.05) is 12.8 Å². The molecule has 0 atom stereocenters. The molecule has 0 radical (unpaired) electrons. The lowest BCUT2D eigenvalue weighted by Crippen LogP contribution is -2.25. The van der Waals surface area contributed by atoms with Crippen molar-refractivity contribution in [3.05, 3.63) is 52.4 Å². The molecule has 0 saturated carbocycles. The molecule has 112 valence electrons. The van der Waals surface area contributed by atoms with Gasteiger partial charge in [0, 0.05) is 21.1 Å². The van der Waals surface area contributed by atoms with Crippen LogP contribution in [0.1, 0.15) is 0 Å². The number of nitrogens with two attached hydrogens (primary N) is 1. The maximum atomic E-state index is 12.3. The molecule has 0 aliphatic heterocycles. The minimum atomic E-state index is -0.109. The van der Waals surface area contributed by atoms with Crippen molar-refractivity contribution < 1.29 is 14.4 Å². The highest BCUT2D eigenvalue weighted by atomic mass is 35.5. The van der Waals surface area contributed by atoms with Crippen LogP contribution in [0.25, 0.3) is 22.3 Å². The summed E-state index contributed by atoms with van der Waals surface area (Å²) in [6.45, 7) is 0. The highest BCUT2D eigenvalue weighted by molar-refractivity contribution is 6.30. The quantitative estimate of drug-likeness (QED) is 0.562. The number of nitrogen functional groups attached to an aromatic ring is 1. The van der Waals surface area contributed by atoms with Gasteiger partial charge in [0.2, 0.25) is 5.52 Å². The molecular weight excluding hydrogens is 306 g/mol. The number of halogens is 1. The van der Waals surface area contributed by atoms with Crippen molar-refractivity contribution in [3.63, 3.8) is 0 Å². The summed E-state index contributed by atoms with van der Waals surface area (Å²) in [5.74, 6) is 0.407. The van der Waals surface area contributed by atoms with Crippen molar-refractivity contribution in [2.45, 2.75) is 0 Å². The van der Waals surface area contributed by atoms with Gasteiger partial charge in [-0.25, -0.2) is 0 Å². The average molecular weight is 319 g/mol. The van der Waals surface area contributed by atoms with Crippen LogP contribution >= 0.6 is 11.6 Å². The number of ether oxygens (including phenoxy) is 1. The highest BCUT2D eigenvalue weighted by Gasteiger charge is 2.22. The van der Waals surface area contributed by atoms with E-state index < -0.39 is 0 Å². The molecule has 3 aromatic rings. The fourth-order valence-corrected chi connectivity index (χ4v) is 2.43. The standard InChI is InChI=1S/C15H13ClN3O3/c1-22-11-6-7-12-13(8-11)18(20)14(15(17)19(12)21)9-2-4-10(16)5-3-9/h2-8,20H,17H2,1H3/q+1. The molecule has 1 aromatic heterocycles. The fourth-order valence-electron chi connectivity index (χ4n) is 2.30. The van der Waals surface area contributed by atoms with Crippen LogP contribution in [0.15, 0.2) is 42.5 Å². The zero-order valence-electron chi connectivity index (χ0n) is 11.7. The Morgan fingerprint density at radius 2 is 1.91 bits per heavy atom. The third-order valence-corrected chi connectivity index (χ3v) is 3.67. The van der Waals surface area contributed by atoms with E-state index in [2.05, 4.69) is 0 Å². The van der Waals surface area contributed by atoms with E-state index in [0.29, 0.717) is 20.8 Å². The van der Waals surface area contributed by atoms with E-state index in [-0.39, 0.29) is 22.5 Å². The molecule has 0 aliphatic rings. The second-order valence-corrected chi connectivity index (χ2v) is 5.14. The Balaban J connectivity index is 2.39. The molecule has 2 aromatic carbocycles. The first-order valence-electron chi connectivity index (χ1n) is 6.43. The second kappa shape index (κ2) is 5.23. The summed E-state index contributed by atoms with van der Waals surface area (Å²) in [7, 11) is 1.51. The molecule has 0 amide bonds. The second-order valence-electron chi connectivity index (χ2n) is 4.70. The third kappa shape index (κ3) is 2.14. The molecule has 0 saturated heterocycles. The zero-order chi connectivity index (χ0) is 15.9. The van der Waals surface area contributed by atoms with Crippen LogP contribution in [-0.2, 0) is 0 Å². The Hall–Kier alpha value is -2.73. The van der Waals surface area contributed by atoms with Crippen molar-refractivity contribution in [2.24, 2.45) is 0 Å². The summed E-state index contributed by atoms with van der Waals surface area (Å²) in [6.07, 6.45) is 0. The Kier molecular flexibility index (Phi) is 3.38. The molecule has 0 fully saturated rings. The molecule has 22 heavy (non-hydrogen) atoms. The Labute approximate surface area is 130 Å². The van der Waals surface area contributed by atoms with Crippen molar-refractivity contribution >= 4 is 28.5 Å². The largest absolute Gasteiger partial charge is 0.497 e. The van der Waals surface area contributed by atoms with Crippen molar-refractivity contribution in [3.8, 4) is 17.0 Å². The molecule has 0 aliphatic carbocycles. The van der Waals surface area contributed by atoms with E-state index >= 15 is 0 Å². The predicted molar refractivity (Wildman–Crippen MR) is 83.9 cm³/mol. The van der Waals surface area contributed by atoms with Crippen LogP contribution in [0, 0.1) is 4.91 Å². The SMILES string of the molecule is COc1ccc2c(c1)n(O)c(-c1ccc(Cl)cc1)c(N)[n+]2=O. The smallest absolute Gasteiger partial charge is 0.345 e. The van der Waals surface area contributed by atoms with Gasteiger partial charge in [0.05, 0.1) is 7.11 Å². The topological polar surface area (TPSA) is 83.4 Å². The Morgan fingerprint density at radius 3 is 2.55 bits per heavy atom. The first-order chi connectivity index (χ1) is 10.5. The maximum absolute atomic E-state index is 12.3. The summed E-state index contributed by atoms with van der Waals surface area (Å²) in [5.41, 5.74) is 7.17. The summed E-state index contributed by atoms with van der Waals surface area (Å²) in [6, 6.07) is 11.4. The van der Waals surface area contributed by atoms with E-state index in [1.54, 1.807) is 36.4 Å². The molecule has 0 bridgehead atoms. The van der Waals surface area contributed by atoms with Gasteiger partial charge in [-0.15, -0.1) is 0 Å². The van der Waals surface area contributed by atoms with E-state index in [0.717, 1.165) is 4.73 Å². The van der Waals surface area contributed by atoms with Gasteiger partial charge in [-0.05, 0) is 24.3 Å². The Bertz CT molecular complexity index is 920. The first kappa shape index (κ1) is 14.2. The number of methoxy groups -OCH3 is 1.